The van der Waals surface area contributed by atoms with Gasteiger partial charge in [-0.1, -0.05) is 0 Å². The molecule has 2 aromatic heterocycles. The summed E-state index contributed by atoms with van der Waals surface area (Å²) in [5.41, 5.74) is 1.31. The van der Waals surface area contributed by atoms with E-state index in [4.69, 9.17) is 4.74 Å². The van der Waals surface area contributed by atoms with Gasteiger partial charge >= 0.3 is 5.97 Å². The van der Waals surface area contributed by atoms with Crippen LogP contribution in [-0.2, 0) is 11.8 Å². The number of fused-ring (bicyclic) bond motifs is 1. The van der Waals surface area contributed by atoms with Crippen LogP contribution in [0.3, 0.4) is 0 Å². The second-order valence-corrected chi connectivity index (χ2v) is 4.03. The molecular weight excluding hydrogens is 274 g/mol. The van der Waals surface area contributed by atoms with E-state index in [-0.39, 0.29) is 5.82 Å². The highest BCUT2D eigenvalue weighted by Gasteiger charge is 2.18. The van der Waals surface area contributed by atoms with Gasteiger partial charge in [0.1, 0.15) is 5.52 Å². The Bertz CT molecular complexity index is 550. The summed E-state index contributed by atoms with van der Waals surface area (Å²) < 4.78 is 7.34. The Morgan fingerprint density at radius 2 is 2.38 bits per heavy atom. The van der Waals surface area contributed by atoms with E-state index >= 15 is 0 Å². The van der Waals surface area contributed by atoms with Crippen LogP contribution >= 0.6 is 15.9 Å². The summed E-state index contributed by atoms with van der Waals surface area (Å²) in [4.78, 5) is 20.0. The number of halogens is 1. The first-order chi connectivity index (χ1) is 7.65. The minimum absolute atomic E-state index is 0.260. The minimum atomic E-state index is -0.435. The molecule has 0 saturated heterocycles. The first-order valence-electron chi connectivity index (χ1n) is 4.79. The molecule has 2 aromatic rings. The third kappa shape index (κ3) is 1.69. The van der Waals surface area contributed by atoms with Gasteiger partial charge in [0.25, 0.3) is 0 Å². The molecule has 0 N–H and O–H groups in total. The first-order valence-corrected chi connectivity index (χ1v) is 5.58. The van der Waals surface area contributed by atoms with Gasteiger partial charge in [-0.2, -0.15) is 0 Å². The topological polar surface area (TPSA) is 57.0 Å². The highest BCUT2D eigenvalue weighted by atomic mass is 79.9. The lowest BCUT2D eigenvalue weighted by Gasteiger charge is -2.00. The number of carbonyl (C=O) groups excluding carboxylic acids is 1. The number of carbonyl (C=O) groups is 1. The zero-order valence-corrected chi connectivity index (χ0v) is 10.5. The lowest BCUT2D eigenvalue weighted by atomic mass is 10.4. The smallest absolute Gasteiger partial charge is 0.374 e. The van der Waals surface area contributed by atoms with Crippen LogP contribution in [-0.4, -0.2) is 27.1 Å². The predicted molar refractivity (Wildman–Crippen MR) is 62.2 cm³/mol. The number of esters is 1. The number of hydrogen-bond acceptors (Lipinski definition) is 4. The Morgan fingerprint density at radius 1 is 1.62 bits per heavy atom. The van der Waals surface area contributed by atoms with E-state index < -0.39 is 5.97 Å². The summed E-state index contributed by atoms with van der Waals surface area (Å²) in [6.07, 6.45) is 1.66. The predicted octanol–water partition coefficient (Wildman–Crippen LogP) is 1.91. The number of ether oxygens (including phenoxy) is 1. The van der Waals surface area contributed by atoms with Crippen molar-refractivity contribution in [2.75, 3.05) is 6.61 Å². The van der Waals surface area contributed by atoms with Gasteiger partial charge < -0.3 is 9.30 Å². The van der Waals surface area contributed by atoms with Crippen LogP contribution in [0.2, 0.25) is 0 Å². The highest BCUT2D eigenvalue weighted by Crippen LogP contribution is 2.21. The van der Waals surface area contributed by atoms with Crippen molar-refractivity contribution in [3.05, 3.63) is 22.6 Å². The van der Waals surface area contributed by atoms with Crippen molar-refractivity contribution >= 4 is 33.1 Å². The standard InChI is InChI=1S/C10H10BrN3O2/c1-3-16-10(15)9-13-7-6(11)4-5-12-8(7)14(9)2/h4-5H,3H2,1-2H3. The highest BCUT2D eigenvalue weighted by molar-refractivity contribution is 9.10. The second-order valence-electron chi connectivity index (χ2n) is 3.18. The van der Waals surface area contributed by atoms with Crippen LogP contribution in [0.15, 0.2) is 16.7 Å². The van der Waals surface area contributed by atoms with E-state index in [1.165, 1.54) is 0 Å². The third-order valence-electron chi connectivity index (χ3n) is 2.17. The molecule has 2 rings (SSSR count). The van der Waals surface area contributed by atoms with Gasteiger partial charge in [0, 0.05) is 17.7 Å². The van der Waals surface area contributed by atoms with Crippen molar-refractivity contribution in [2.45, 2.75) is 6.92 Å². The van der Waals surface area contributed by atoms with Crippen LogP contribution in [0, 0.1) is 0 Å². The van der Waals surface area contributed by atoms with Gasteiger partial charge in [0.2, 0.25) is 5.82 Å². The molecule has 0 unspecified atom stereocenters. The van der Waals surface area contributed by atoms with Crippen LogP contribution in [0.25, 0.3) is 11.2 Å². The quantitative estimate of drug-likeness (QED) is 0.790. The Morgan fingerprint density at radius 3 is 3.00 bits per heavy atom. The van der Waals surface area contributed by atoms with E-state index in [1.807, 2.05) is 0 Å². The molecule has 0 fully saturated rings. The van der Waals surface area contributed by atoms with E-state index in [0.29, 0.717) is 17.8 Å². The molecule has 0 bridgehead atoms. The summed E-state index contributed by atoms with van der Waals surface area (Å²) in [7, 11) is 1.74. The zero-order chi connectivity index (χ0) is 11.7. The van der Waals surface area contributed by atoms with Crippen LogP contribution in [0.1, 0.15) is 17.5 Å². The van der Waals surface area contributed by atoms with Gasteiger partial charge in [-0.25, -0.2) is 14.8 Å². The molecule has 6 heteroatoms. The summed E-state index contributed by atoms with van der Waals surface area (Å²) in [5, 5.41) is 0. The number of imidazole rings is 1. The normalized spacial score (nSPS) is 10.7. The number of pyridine rings is 1. The van der Waals surface area contributed by atoms with E-state index in [1.54, 1.807) is 30.8 Å². The van der Waals surface area contributed by atoms with Crippen molar-refractivity contribution in [1.29, 1.82) is 0 Å². The molecule has 0 radical (unpaired) electrons. The summed E-state index contributed by atoms with van der Waals surface area (Å²) in [5.74, 6) is -0.175. The van der Waals surface area contributed by atoms with Gasteiger partial charge in [-0.05, 0) is 28.9 Å². The SMILES string of the molecule is CCOC(=O)c1nc2c(Br)ccnc2n1C. The fraction of sp³-hybridized carbons (Fsp3) is 0.300. The van der Waals surface area contributed by atoms with Crippen molar-refractivity contribution in [3.8, 4) is 0 Å². The van der Waals surface area contributed by atoms with Gasteiger partial charge in [-0.15, -0.1) is 0 Å². The molecular formula is C10H10BrN3O2. The molecule has 0 aliphatic carbocycles. The lowest BCUT2D eigenvalue weighted by Crippen LogP contribution is -2.11. The van der Waals surface area contributed by atoms with E-state index in [9.17, 15) is 4.79 Å². The van der Waals surface area contributed by atoms with Crippen molar-refractivity contribution in [3.63, 3.8) is 0 Å². The maximum atomic E-state index is 11.6. The van der Waals surface area contributed by atoms with E-state index in [2.05, 4.69) is 25.9 Å². The molecule has 0 atom stereocenters. The first kappa shape index (κ1) is 11.1. The molecule has 2 heterocycles. The summed E-state index contributed by atoms with van der Waals surface area (Å²) in [6.45, 7) is 2.09. The largest absolute Gasteiger partial charge is 0.460 e. The number of rotatable bonds is 2. The Balaban J connectivity index is 2.60. The van der Waals surface area contributed by atoms with E-state index in [0.717, 1.165) is 4.47 Å². The fourth-order valence-corrected chi connectivity index (χ4v) is 1.81. The van der Waals surface area contributed by atoms with Crippen molar-refractivity contribution in [1.82, 2.24) is 14.5 Å². The van der Waals surface area contributed by atoms with Crippen molar-refractivity contribution < 1.29 is 9.53 Å². The Hall–Kier alpha value is -1.43. The molecule has 0 aliphatic rings. The van der Waals surface area contributed by atoms with Crippen LogP contribution in [0.5, 0.6) is 0 Å². The number of aromatic nitrogens is 3. The average Bonchev–Trinajstić information content (AvgIpc) is 2.59. The number of aryl methyl sites for hydroxylation is 1. The molecule has 5 nitrogen and oxygen atoms in total. The Labute approximate surface area is 101 Å². The monoisotopic (exact) mass is 283 g/mol. The van der Waals surface area contributed by atoms with Crippen LogP contribution < -0.4 is 0 Å². The average molecular weight is 284 g/mol. The number of nitrogens with zero attached hydrogens (tertiary/aromatic N) is 3. The zero-order valence-electron chi connectivity index (χ0n) is 8.90. The van der Waals surface area contributed by atoms with Gasteiger partial charge in [0.15, 0.2) is 5.65 Å². The van der Waals surface area contributed by atoms with Gasteiger partial charge in [-0.3, -0.25) is 0 Å². The summed E-state index contributed by atoms with van der Waals surface area (Å²) >= 11 is 3.36. The number of hydrogen-bond donors (Lipinski definition) is 0. The van der Waals surface area contributed by atoms with Gasteiger partial charge in [0.05, 0.1) is 6.61 Å². The molecule has 0 amide bonds. The fourth-order valence-electron chi connectivity index (χ4n) is 1.43. The molecule has 0 aliphatic heterocycles. The minimum Gasteiger partial charge on any atom is -0.460 e. The third-order valence-corrected chi connectivity index (χ3v) is 2.81. The second kappa shape index (κ2) is 4.21. The molecule has 0 spiro atoms. The maximum Gasteiger partial charge on any atom is 0.374 e. The lowest BCUT2D eigenvalue weighted by molar-refractivity contribution is 0.0508. The molecule has 16 heavy (non-hydrogen) atoms. The maximum absolute atomic E-state index is 11.6. The molecule has 0 aromatic carbocycles. The van der Waals surface area contributed by atoms with Crippen LogP contribution in [0.4, 0.5) is 0 Å². The molecule has 0 saturated carbocycles. The molecule has 84 valence electrons. The van der Waals surface area contributed by atoms with Crippen molar-refractivity contribution in [2.24, 2.45) is 7.05 Å². The Kier molecular flexibility index (Phi) is 2.91. The summed E-state index contributed by atoms with van der Waals surface area (Å²) in [6, 6.07) is 1.78.